The smallest absolute Gasteiger partial charge is 0.270 e. The van der Waals surface area contributed by atoms with Gasteiger partial charge in [-0.25, -0.2) is 4.39 Å². The fourth-order valence-corrected chi connectivity index (χ4v) is 4.24. The number of halogens is 1. The monoisotopic (exact) mass is 455 g/mol. The lowest BCUT2D eigenvalue weighted by Gasteiger charge is -2.28. The molecule has 7 heteroatoms. The highest BCUT2D eigenvalue weighted by Crippen LogP contribution is 2.27. The average Bonchev–Trinajstić information content (AvgIpc) is 3.14. The van der Waals surface area contributed by atoms with Crippen LogP contribution in [0, 0.1) is 5.82 Å². The Morgan fingerprint density at radius 1 is 0.939 bits per heavy atom. The Bertz CT molecular complexity index is 1440. The Morgan fingerprint density at radius 2 is 1.70 bits per heavy atom. The number of carbonyl (C=O) groups excluding carboxylic acids is 2. The molecular weight excluding hydrogens is 437 g/mol. The summed E-state index contributed by atoms with van der Waals surface area (Å²) in [5, 5.41) is 3.37. The number of amides is 2. The molecule has 1 aromatic heterocycles. The highest BCUT2D eigenvalue weighted by atomic mass is 32.1. The summed E-state index contributed by atoms with van der Waals surface area (Å²) in [5.41, 5.74) is 3.02. The van der Waals surface area contributed by atoms with Crippen LogP contribution in [-0.4, -0.2) is 21.5 Å². The number of benzene rings is 3. The van der Waals surface area contributed by atoms with Crippen LogP contribution < -0.4 is 10.2 Å². The molecule has 0 unspecified atom stereocenters. The summed E-state index contributed by atoms with van der Waals surface area (Å²) in [6.45, 7) is 0.643. The largest absolute Gasteiger partial charge is 0.342 e. The molecule has 162 valence electrons. The predicted molar refractivity (Wildman–Crippen MR) is 130 cm³/mol. The Kier molecular flexibility index (Phi) is 5.32. The number of fused-ring (bicyclic) bond motifs is 1. The molecule has 0 bridgehead atoms. The van der Waals surface area contributed by atoms with E-state index in [4.69, 9.17) is 12.2 Å². The minimum absolute atomic E-state index is 0.0736. The number of aromatic nitrogens is 1. The molecule has 2 amide bonds. The molecule has 4 aromatic rings. The molecule has 0 saturated carbocycles. The first-order valence-electron chi connectivity index (χ1n) is 10.3. The Labute approximate surface area is 194 Å². The lowest BCUT2D eigenvalue weighted by atomic mass is 10.1. The third kappa shape index (κ3) is 3.94. The summed E-state index contributed by atoms with van der Waals surface area (Å²) >= 11 is 5.20. The molecule has 1 saturated heterocycles. The molecule has 0 aliphatic carbocycles. The molecule has 1 fully saturated rings. The maximum Gasteiger partial charge on any atom is 0.270 e. The minimum Gasteiger partial charge on any atom is -0.342 e. The van der Waals surface area contributed by atoms with Gasteiger partial charge >= 0.3 is 0 Å². The number of rotatable bonds is 4. The number of nitrogens with zero attached hydrogens (tertiary/aromatic N) is 2. The van der Waals surface area contributed by atoms with E-state index in [1.54, 1.807) is 12.1 Å². The molecule has 0 radical (unpaired) electrons. The summed E-state index contributed by atoms with van der Waals surface area (Å²) in [4.78, 5) is 27.1. The van der Waals surface area contributed by atoms with Gasteiger partial charge in [0.1, 0.15) is 11.4 Å². The lowest BCUT2D eigenvalue weighted by Crippen LogP contribution is -2.54. The van der Waals surface area contributed by atoms with Gasteiger partial charge in [0, 0.05) is 29.2 Å². The number of anilines is 1. The van der Waals surface area contributed by atoms with Gasteiger partial charge in [0.15, 0.2) is 5.11 Å². The number of carbonyl (C=O) groups is 2. The third-order valence-corrected chi connectivity index (χ3v) is 5.77. The van der Waals surface area contributed by atoms with Gasteiger partial charge in [-0.15, -0.1) is 0 Å². The van der Waals surface area contributed by atoms with Crippen molar-refractivity contribution in [3.05, 3.63) is 108 Å². The lowest BCUT2D eigenvalue weighted by molar-refractivity contribution is -0.122. The quantitative estimate of drug-likeness (QED) is 0.277. The van der Waals surface area contributed by atoms with Crippen molar-refractivity contribution < 1.29 is 14.0 Å². The van der Waals surface area contributed by atoms with Gasteiger partial charge in [-0.3, -0.25) is 19.8 Å². The van der Waals surface area contributed by atoms with E-state index in [1.165, 1.54) is 18.2 Å². The summed E-state index contributed by atoms with van der Waals surface area (Å²) in [7, 11) is 0. The van der Waals surface area contributed by atoms with Crippen molar-refractivity contribution in [3.63, 3.8) is 0 Å². The third-order valence-electron chi connectivity index (χ3n) is 5.48. The van der Waals surface area contributed by atoms with E-state index in [9.17, 15) is 14.0 Å². The van der Waals surface area contributed by atoms with E-state index in [-0.39, 0.29) is 16.4 Å². The van der Waals surface area contributed by atoms with Gasteiger partial charge in [-0.05, 0) is 48.1 Å². The van der Waals surface area contributed by atoms with E-state index in [1.807, 2.05) is 60.8 Å². The van der Waals surface area contributed by atoms with Crippen molar-refractivity contribution in [1.82, 2.24) is 9.88 Å². The second-order valence-electron chi connectivity index (χ2n) is 7.65. The van der Waals surface area contributed by atoms with Crippen LogP contribution in [0.4, 0.5) is 10.1 Å². The van der Waals surface area contributed by atoms with Crippen molar-refractivity contribution in [3.8, 4) is 0 Å². The van der Waals surface area contributed by atoms with Crippen molar-refractivity contribution in [2.45, 2.75) is 6.54 Å². The Morgan fingerprint density at radius 3 is 2.48 bits per heavy atom. The van der Waals surface area contributed by atoms with Crippen LogP contribution in [0.2, 0.25) is 0 Å². The van der Waals surface area contributed by atoms with Gasteiger partial charge in [0.25, 0.3) is 11.8 Å². The topological polar surface area (TPSA) is 54.3 Å². The SMILES string of the molecule is O=C1NC(=S)N(c2cccc(F)c2)C(=O)/C1=C\c1cn(Cc2ccccc2)c2ccccc12. The second-order valence-corrected chi connectivity index (χ2v) is 8.04. The summed E-state index contributed by atoms with van der Waals surface area (Å²) < 4.78 is 15.8. The van der Waals surface area contributed by atoms with E-state index in [0.29, 0.717) is 6.54 Å². The molecule has 33 heavy (non-hydrogen) atoms. The first-order chi connectivity index (χ1) is 16.0. The van der Waals surface area contributed by atoms with Crippen LogP contribution in [0.3, 0.4) is 0 Å². The van der Waals surface area contributed by atoms with E-state index in [0.717, 1.165) is 26.9 Å². The fourth-order valence-electron chi connectivity index (χ4n) is 3.96. The van der Waals surface area contributed by atoms with Crippen molar-refractivity contribution >= 4 is 51.8 Å². The van der Waals surface area contributed by atoms with Crippen LogP contribution in [0.5, 0.6) is 0 Å². The number of hydrogen-bond donors (Lipinski definition) is 1. The van der Waals surface area contributed by atoms with Gasteiger partial charge in [0.05, 0.1) is 5.69 Å². The van der Waals surface area contributed by atoms with Crippen LogP contribution in [0.1, 0.15) is 11.1 Å². The van der Waals surface area contributed by atoms with E-state index >= 15 is 0 Å². The zero-order valence-electron chi connectivity index (χ0n) is 17.4. The van der Waals surface area contributed by atoms with Crippen molar-refractivity contribution in [2.24, 2.45) is 0 Å². The first-order valence-corrected chi connectivity index (χ1v) is 10.7. The number of thiocarbonyl (C=S) groups is 1. The number of hydrogen-bond acceptors (Lipinski definition) is 3. The van der Waals surface area contributed by atoms with Gasteiger partial charge in [0.2, 0.25) is 0 Å². The Balaban J connectivity index is 1.58. The fraction of sp³-hybridized carbons (Fsp3) is 0.0385. The van der Waals surface area contributed by atoms with Crippen molar-refractivity contribution in [2.75, 3.05) is 4.90 Å². The van der Waals surface area contributed by atoms with Crippen LogP contribution in [-0.2, 0) is 16.1 Å². The molecule has 2 heterocycles. The highest BCUT2D eigenvalue weighted by Gasteiger charge is 2.34. The maximum absolute atomic E-state index is 13.8. The normalized spacial score (nSPS) is 15.4. The molecule has 5 rings (SSSR count). The molecule has 1 aliphatic heterocycles. The summed E-state index contributed by atoms with van der Waals surface area (Å²) in [6, 6.07) is 23.4. The predicted octanol–water partition coefficient (Wildman–Crippen LogP) is 4.66. The molecule has 0 spiro atoms. The summed E-state index contributed by atoms with van der Waals surface area (Å²) in [6.07, 6.45) is 3.49. The first kappa shape index (κ1) is 20.8. The van der Waals surface area contributed by atoms with E-state index < -0.39 is 17.6 Å². The summed E-state index contributed by atoms with van der Waals surface area (Å²) in [5.74, 6) is -1.69. The highest BCUT2D eigenvalue weighted by molar-refractivity contribution is 7.80. The van der Waals surface area contributed by atoms with Gasteiger partial charge in [-0.1, -0.05) is 54.6 Å². The number of nitrogens with one attached hydrogen (secondary N) is 1. The van der Waals surface area contributed by atoms with Crippen LogP contribution >= 0.6 is 12.2 Å². The van der Waals surface area contributed by atoms with Gasteiger partial charge in [-0.2, -0.15) is 0 Å². The van der Waals surface area contributed by atoms with Gasteiger partial charge < -0.3 is 4.57 Å². The molecule has 1 N–H and O–H groups in total. The van der Waals surface area contributed by atoms with Crippen LogP contribution in [0.15, 0.2) is 90.6 Å². The average molecular weight is 456 g/mol. The zero-order chi connectivity index (χ0) is 22.9. The maximum atomic E-state index is 13.8. The molecule has 5 nitrogen and oxygen atoms in total. The zero-order valence-corrected chi connectivity index (χ0v) is 18.2. The molecular formula is C26H18FN3O2S. The Hall–Kier alpha value is -4.10. The molecule has 3 aromatic carbocycles. The second kappa shape index (κ2) is 8.44. The molecule has 1 aliphatic rings. The van der Waals surface area contributed by atoms with Crippen molar-refractivity contribution in [1.29, 1.82) is 0 Å². The van der Waals surface area contributed by atoms with E-state index in [2.05, 4.69) is 9.88 Å². The minimum atomic E-state index is -0.603. The number of para-hydroxylation sites is 1. The standard InChI is InChI=1S/C26H18FN3O2S/c27-19-9-6-10-20(14-19)30-25(32)22(24(31)28-26(30)33)13-18-16-29(15-17-7-2-1-3-8-17)23-12-5-4-11-21(18)23/h1-14,16H,15H2,(H,28,31,33)/b22-13-. The molecule has 0 atom stereocenters. The van der Waals surface area contributed by atoms with Crippen LogP contribution in [0.25, 0.3) is 17.0 Å².